The highest BCUT2D eigenvalue weighted by molar-refractivity contribution is 5.98. The van der Waals surface area contributed by atoms with Crippen LogP contribution in [0.1, 0.15) is 108 Å². The van der Waals surface area contributed by atoms with Gasteiger partial charge in [-0.05, 0) is 139 Å². The molecule has 2 aromatic rings. The Morgan fingerprint density at radius 3 is 1.75 bits per heavy atom. The maximum atomic E-state index is 12.8. The average Bonchev–Trinajstić information content (AvgIpc) is 2.98. The number of piperidine rings is 2. The van der Waals surface area contributed by atoms with E-state index in [-0.39, 0.29) is 11.8 Å². The van der Waals surface area contributed by atoms with Crippen LogP contribution in [-0.2, 0) is 12.8 Å². The van der Waals surface area contributed by atoms with Gasteiger partial charge in [0.05, 0.1) is 0 Å². The van der Waals surface area contributed by atoms with E-state index in [0.29, 0.717) is 11.6 Å². The molecule has 2 aliphatic heterocycles. The van der Waals surface area contributed by atoms with Gasteiger partial charge in [-0.25, -0.2) is 0 Å². The summed E-state index contributed by atoms with van der Waals surface area (Å²) < 4.78 is 0. The minimum absolute atomic E-state index is 0.197. The highest BCUT2D eigenvalue weighted by atomic mass is 16.1. The summed E-state index contributed by atoms with van der Waals surface area (Å²) in [5.74, 6) is 1.13. The van der Waals surface area contributed by atoms with Gasteiger partial charge in [-0.15, -0.1) is 0 Å². The van der Waals surface area contributed by atoms with Crippen molar-refractivity contribution in [2.24, 2.45) is 11.8 Å². The molecule has 0 spiro atoms. The molecule has 0 aromatic heterocycles. The van der Waals surface area contributed by atoms with E-state index >= 15 is 0 Å². The molecule has 218 valence electrons. The van der Waals surface area contributed by atoms with Crippen LogP contribution in [0.5, 0.6) is 0 Å². The minimum atomic E-state index is 0.197. The first-order chi connectivity index (χ1) is 19.4. The molecule has 2 fully saturated rings. The topological polar surface area (TPSA) is 40.6 Å². The number of rotatable bonds is 8. The smallest absolute Gasteiger partial charge is 0.167 e. The van der Waals surface area contributed by atoms with Crippen molar-refractivity contribution in [2.75, 3.05) is 39.3 Å². The van der Waals surface area contributed by atoms with Gasteiger partial charge in [0, 0.05) is 36.1 Å². The molecule has 3 aliphatic rings. The zero-order valence-electron chi connectivity index (χ0n) is 25.6. The SMILES string of the molecule is CCCN1CCCC(C(=O)c2ccc(C)c(C)c2)C1.CCCN1CCCC(C(=O)c2ccc3c(c2)CCCC3)C1. The van der Waals surface area contributed by atoms with Crippen molar-refractivity contribution in [1.29, 1.82) is 0 Å². The number of nitrogens with zero attached hydrogens (tertiary/aromatic N) is 2. The first-order valence-corrected chi connectivity index (χ1v) is 16.1. The monoisotopic (exact) mass is 544 g/mol. The molecule has 0 amide bonds. The molecule has 0 N–H and O–H groups in total. The Kier molecular flexibility index (Phi) is 11.6. The largest absolute Gasteiger partial charge is 0.303 e. The van der Waals surface area contributed by atoms with Crippen LogP contribution >= 0.6 is 0 Å². The molecule has 4 heteroatoms. The molecule has 0 bridgehead atoms. The molecular formula is C36H52N2O2. The van der Waals surface area contributed by atoms with Crippen molar-refractivity contribution in [3.8, 4) is 0 Å². The number of aryl methyl sites for hydroxylation is 4. The Morgan fingerprint density at radius 2 is 1.20 bits per heavy atom. The maximum Gasteiger partial charge on any atom is 0.167 e. The number of ketones is 2. The molecule has 40 heavy (non-hydrogen) atoms. The zero-order valence-corrected chi connectivity index (χ0v) is 25.6. The van der Waals surface area contributed by atoms with Gasteiger partial charge in [0.2, 0.25) is 0 Å². The van der Waals surface area contributed by atoms with E-state index in [1.807, 2.05) is 6.07 Å². The second kappa shape index (κ2) is 15.1. The van der Waals surface area contributed by atoms with E-state index in [1.165, 1.54) is 67.3 Å². The summed E-state index contributed by atoms with van der Waals surface area (Å²) in [7, 11) is 0. The van der Waals surface area contributed by atoms with E-state index < -0.39 is 0 Å². The lowest BCUT2D eigenvalue weighted by Gasteiger charge is -2.31. The van der Waals surface area contributed by atoms with Crippen LogP contribution in [0.15, 0.2) is 36.4 Å². The van der Waals surface area contributed by atoms with E-state index in [2.05, 4.69) is 67.8 Å². The zero-order chi connectivity index (χ0) is 28.5. The lowest BCUT2D eigenvalue weighted by atomic mass is 9.86. The van der Waals surface area contributed by atoms with Gasteiger partial charge in [0.1, 0.15) is 0 Å². The van der Waals surface area contributed by atoms with Crippen LogP contribution in [0.3, 0.4) is 0 Å². The number of hydrogen-bond donors (Lipinski definition) is 0. The first kappa shape index (κ1) is 30.7. The summed E-state index contributed by atoms with van der Waals surface area (Å²) in [5.41, 5.74) is 7.22. The quantitative estimate of drug-likeness (QED) is 0.323. The Labute approximate surface area is 243 Å². The van der Waals surface area contributed by atoms with Gasteiger partial charge in [0.25, 0.3) is 0 Å². The number of carbonyl (C=O) groups excluding carboxylic acids is 2. The molecule has 1 aliphatic carbocycles. The van der Waals surface area contributed by atoms with E-state index in [9.17, 15) is 9.59 Å². The Bertz CT molecular complexity index is 1140. The summed E-state index contributed by atoms with van der Waals surface area (Å²) in [6.45, 7) is 15.1. The average molecular weight is 545 g/mol. The fourth-order valence-corrected chi connectivity index (χ4v) is 6.83. The lowest BCUT2D eigenvalue weighted by Crippen LogP contribution is -2.39. The molecule has 2 aromatic carbocycles. The number of likely N-dealkylation sites (tertiary alicyclic amines) is 2. The number of hydrogen-bond acceptors (Lipinski definition) is 4. The molecule has 5 rings (SSSR count). The third kappa shape index (κ3) is 8.13. The Balaban J connectivity index is 0.000000186. The van der Waals surface area contributed by atoms with Crippen molar-refractivity contribution in [2.45, 2.75) is 91.9 Å². The van der Waals surface area contributed by atoms with Crippen LogP contribution in [0.2, 0.25) is 0 Å². The maximum absolute atomic E-state index is 12.8. The molecule has 2 unspecified atom stereocenters. The lowest BCUT2D eigenvalue weighted by molar-refractivity contribution is 0.0813. The fourth-order valence-electron chi connectivity index (χ4n) is 6.83. The van der Waals surface area contributed by atoms with Gasteiger partial charge in [-0.3, -0.25) is 9.59 Å². The van der Waals surface area contributed by atoms with Crippen molar-refractivity contribution >= 4 is 11.6 Å². The molecule has 2 heterocycles. The molecule has 2 saturated heterocycles. The van der Waals surface area contributed by atoms with Crippen molar-refractivity contribution in [3.05, 3.63) is 69.8 Å². The van der Waals surface area contributed by atoms with E-state index in [1.54, 1.807) is 0 Å². The standard InChI is InChI=1S/C19H27NO.C17H25NO/c1-2-11-20-12-5-8-18(14-20)19(21)17-10-9-15-6-3-4-7-16(15)13-17;1-4-9-18-10-5-6-16(12-18)17(19)15-8-7-13(2)14(3)11-15/h9-10,13,18H,2-8,11-12,14H2,1H3;7-8,11,16H,4-6,9-10,12H2,1-3H3. The summed E-state index contributed by atoms with van der Waals surface area (Å²) in [6.07, 6.45) is 11.7. The van der Waals surface area contributed by atoms with Crippen LogP contribution in [0, 0.1) is 25.7 Å². The normalized spacial score (nSPS) is 21.7. The first-order valence-electron chi connectivity index (χ1n) is 16.1. The number of fused-ring (bicyclic) bond motifs is 1. The van der Waals surface area contributed by atoms with Crippen LogP contribution in [0.4, 0.5) is 0 Å². The van der Waals surface area contributed by atoms with Crippen LogP contribution < -0.4 is 0 Å². The summed E-state index contributed by atoms with van der Waals surface area (Å²) in [4.78, 5) is 30.3. The van der Waals surface area contributed by atoms with Gasteiger partial charge >= 0.3 is 0 Å². The second-order valence-corrected chi connectivity index (χ2v) is 12.5. The van der Waals surface area contributed by atoms with Gasteiger partial charge in [-0.1, -0.05) is 38.1 Å². The van der Waals surface area contributed by atoms with Crippen molar-refractivity contribution in [1.82, 2.24) is 9.80 Å². The van der Waals surface area contributed by atoms with Crippen molar-refractivity contribution < 1.29 is 9.59 Å². The second-order valence-electron chi connectivity index (χ2n) is 12.5. The molecular weight excluding hydrogens is 492 g/mol. The third-order valence-electron chi connectivity index (χ3n) is 9.26. The number of carbonyl (C=O) groups is 2. The molecule has 4 nitrogen and oxygen atoms in total. The van der Waals surface area contributed by atoms with E-state index in [4.69, 9.17) is 0 Å². The third-order valence-corrected chi connectivity index (χ3v) is 9.26. The van der Waals surface area contributed by atoms with Gasteiger partial charge in [-0.2, -0.15) is 0 Å². The summed E-state index contributed by atoms with van der Waals surface area (Å²) in [6, 6.07) is 12.6. The van der Waals surface area contributed by atoms with Gasteiger partial charge in [0.15, 0.2) is 11.6 Å². The number of benzene rings is 2. The highest BCUT2D eigenvalue weighted by Gasteiger charge is 2.27. The van der Waals surface area contributed by atoms with E-state index in [0.717, 1.165) is 69.5 Å². The Hall–Kier alpha value is -2.30. The fraction of sp³-hybridized carbons (Fsp3) is 0.611. The predicted molar refractivity (Wildman–Crippen MR) is 167 cm³/mol. The molecule has 0 saturated carbocycles. The predicted octanol–water partition coefficient (Wildman–Crippen LogP) is 7.48. The summed E-state index contributed by atoms with van der Waals surface area (Å²) >= 11 is 0. The highest BCUT2D eigenvalue weighted by Crippen LogP contribution is 2.26. The minimum Gasteiger partial charge on any atom is -0.303 e. The van der Waals surface area contributed by atoms with Crippen molar-refractivity contribution in [3.63, 3.8) is 0 Å². The van der Waals surface area contributed by atoms with Crippen LogP contribution in [-0.4, -0.2) is 60.6 Å². The Morgan fingerprint density at radius 1 is 0.675 bits per heavy atom. The summed E-state index contributed by atoms with van der Waals surface area (Å²) in [5, 5.41) is 0. The molecule has 2 atom stereocenters. The van der Waals surface area contributed by atoms with Crippen LogP contribution in [0.25, 0.3) is 0 Å². The number of Topliss-reactive ketones (excluding diaryl/α,β-unsaturated/α-hetero) is 2. The molecule has 0 radical (unpaired) electrons. The van der Waals surface area contributed by atoms with Gasteiger partial charge < -0.3 is 9.80 Å².